The first-order valence-electron chi connectivity index (χ1n) is 12.4. The maximum Gasteiger partial charge on any atom is 0.336 e. The Labute approximate surface area is 207 Å². The molecule has 0 spiro atoms. The monoisotopic (exact) mass is 487 g/mol. The fraction of sp³-hybridized carbons (Fsp3) is 0.345. The highest BCUT2D eigenvalue weighted by Crippen LogP contribution is 2.40. The molecule has 0 radical (unpaired) electrons. The number of rotatable bonds is 7. The van der Waals surface area contributed by atoms with Gasteiger partial charge in [-0.2, -0.15) is 0 Å². The zero-order valence-electron chi connectivity index (χ0n) is 20.5. The first kappa shape index (κ1) is 23.9. The number of esters is 1. The molecule has 186 valence electrons. The Morgan fingerprint density at radius 1 is 1.19 bits per heavy atom. The highest BCUT2D eigenvalue weighted by molar-refractivity contribution is 5.88. The lowest BCUT2D eigenvalue weighted by Gasteiger charge is -2.24. The van der Waals surface area contributed by atoms with Gasteiger partial charge in [0.05, 0.1) is 19.0 Å². The summed E-state index contributed by atoms with van der Waals surface area (Å²) in [6.45, 7) is 2.64. The third-order valence-corrected chi connectivity index (χ3v) is 7.19. The molecule has 0 aliphatic carbocycles. The number of aromatic hydroxyl groups is 1. The molecule has 1 unspecified atom stereocenters. The van der Waals surface area contributed by atoms with E-state index in [2.05, 4.69) is 6.92 Å². The molecule has 1 atom stereocenters. The number of carbonyl (C=O) groups excluding carboxylic acids is 1. The summed E-state index contributed by atoms with van der Waals surface area (Å²) in [4.78, 5) is 39.0. The van der Waals surface area contributed by atoms with Crippen LogP contribution < -0.4 is 11.2 Å². The van der Waals surface area contributed by atoms with Gasteiger partial charge in [-0.15, -0.1) is 0 Å². The Morgan fingerprint density at radius 2 is 2.03 bits per heavy atom. The predicted molar refractivity (Wildman–Crippen MR) is 138 cm³/mol. The summed E-state index contributed by atoms with van der Waals surface area (Å²) >= 11 is 0. The van der Waals surface area contributed by atoms with Crippen molar-refractivity contribution in [1.82, 2.24) is 4.57 Å². The van der Waals surface area contributed by atoms with E-state index in [9.17, 15) is 19.5 Å². The Bertz CT molecular complexity index is 1600. The van der Waals surface area contributed by atoms with Gasteiger partial charge in [0.2, 0.25) is 0 Å². The van der Waals surface area contributed by atoms with Crippen molar-refractivity contribution in [2.45, 2.75) is 57.9 Å². The number of methoxy groups -OCH3 is 1. The number of nitrogens with zero attached hydrogens (tertiary/aromatic N) is 1. The number of phenolic OH excluding ortho intramolecular Hbond substituents is 1. The highest BCUT2D eigenvalue weighted by Gasteiger charge is 2.30. The normalized spacial score (nSPS) is 13.7. The first-order chi connectivity index (χ1) is 17.4. The maximum absolute atomic E-state index is 13.8. The van der Waals surface area contributed by atoms with Gasteiger partial charge in [-0.1, -0.05) is 31.5 Å². The fourth-order valence-corrected chi connectivity index (χ4v) is 5.47. The summed E-state index contributed by atoms with van der Waals surface area (Å²) in [5, 5.41) is 12.6. The summed E-state index contributed by atoms with van der Waals surface area (Å²) in [7, 11) is 1.29. The van der Waals surface area contributed by atoms with Gasteiger partial charge in [0, 0.05) is 35.0 Å². The number of pyridine rings is 1. The van der Waals surface area contributed by atoms with E-state index in [0.717, 1.165) is 47.7 Å². The van der Waals surface area contributed by atoms with E-state index in [1.165, 1.54) is 19.2 Å². The number of phenols is 1. The van der Waals surface area contributed by atoms with E-state index in [-0.39, 0.29) is 28.9 Å². The third kappa shape index (κ3) is 4.08. The van der Waals surface area contributed by atoms with Crippen molar-refractivity contribution in [3.63, 3.8) is 0 Å². The molecule has 3 heterocycles. The molecule has 2 aromatic carbocycles. The minimum atomic E-state index is -0.864. The summed E-state index contributed by atoms with van der Waals surface area (Å²) in [6, 6.07) is 12.5. The summed E-state index contributed by atoms with van der Waals surface area (Å²) < 4.78 is 12.4. The molecule has 0 bridgehead atoms. The quantitative estimate of drug-likeness (QED) is 0.297. The van der Waals surface area contributed by atoms with Crippen LogP contribution in [0.5, 0.6) is 5.75 Å². The zero-order valence-corrected chi connectivity index (χ0v) is 20.5. The molecular weight excluding hydrogens is 458 g/mol. The molecule has 2 aromatic heterocycles. The van der Waals surface area contributed by atoms with Crippen LogP contribution in [-0.2, 0) is 28.9 Å². The lowest BCUT2D eigenvalue weighted by molar-refractivity contribution is -0.140. The zero-order chi connectivity index (χ0) is 25.4. The number of benzene rings is 2. The van der Waals surface area contributed by atoms with E-state index in [4.69, 9.17) is 9.15 Å². The summed E-state index contributed by atoms with van der Waals surface area (Å²) in [5.41, 5.74) is 2.90. The number of fused-ring (bicyclic) bond motifs is 1. The van der Waals surface area contributed by atoms with E-state index in [1.54, 1.807) is 16.7 Å². The highest BCUT2D eigenvalue weighted by atomic mass is 16.5. The minimum Gasteiger partial charge on any atom is -0.508 e. The topological polar surface area (TPSA) is 98.7 Å². The maximum atomic E-state index is 13.8. The van der Waals surface area contributed by atoms with Crippen LogP contribution >= 0.6 is 0 Å². The van der Waals surface area contributed by atoms with Gasteiger partial charge >= 0.3 is 11.6 Å². The molecule has 7 nitrogen and oxygen atoms in total. The smallest absolute Gasteiger partial charge is 0.336 e. The van der Waals surface area contributed by atoms with Crippen LogP contribution in [0.3, 0.4) is 0 Å². The number of aromatic nitrogens is 1. The van der Waals surface area contributed by atoms with Gasteiger partial charge in [0.1, 0.15) is 11.3 Å². The van der Waals surface area contributed by atoms with Crippen molar-refractivity contribution < 1.29 is 19.1 Å². The van der Waals surface area contributed by atoms with Gasteiger partial charge in [-0.05, 0) is 60.4 Å². The van der Waals surface area contributed by atoms with Crippen molar-refractivity contribution in [1.29, 1.82) is 0 Å². The van der Waals surface area contributed by atoms with Gasteiger partial charge in [0.15, 0.2) is 0 Å². The van der Waals surface area contributed by atoms with E-state index < -0.39 is 17.5 Å². The Kier molecular flexibility index (Phi) is 6.39. The van der Waals surface area contributed by atoms with E-state index in [1.807, 2.05) is 18.2 Å². The van der Waals surface area contributed by atoms with Crippen molar-refractivity contribution in [2.24, 2.45) is 0 Å². The summed E-state index contributed by atoms with van der Waals surface area (Å²) in [5.74, 6) is -1.54. The van der Waals surface area contributed by atoms with Gasteiger partial charge in [-0.25, -0.2) is 4.79 Å². The number of carbonyl (C=O) groups is 1. The lowest BCUT2D eigenvalue weighted by Crippen LogP contribution is -2.30. The van der Waals surface area contributed by atoms with Gasteiger partial charge in [0.25, 0.3) is 5.56 Å². The van der Waals surface area contributed by atoms with E-state index in [0.29, 0.717) is 23.9 Å². The first-order valence-corrected chi connectivity index (χ1v) is 12.4. The molecule has 1 N–H and O–H groups in total. The van der Waals surface area contributed by atoms with Crippen molar-refractivity contribution >= 4 is 27.8 Å². The number of ether oxygens (including phenoxy) is 1. The fourth-order valence-electron chi connectivity index (χ4n) is 5.47. The molecule has 4 aromatic rings. The van der Waals surface area contributed by atoms with Crippen LogP contribution in [0, 0.1) is 0 Å². The van der Waals surface area contributed by atoms with Crippen molar-refractivity contribution in [2.75, 3.05) is 7.11 Å². The molecule has 1 aliphatic rings. The van der Waals surface area contributed by atoms with Crippen molar-refractivity contribution in [3.05, 3.63) is 85.5 Å². The third-order valence-electron chi connectivity index (χ3n) is 7.19. The largest absolute Gasteiger partial charge is 0.508 e. The number of aryl methyl sites for hydroxylation is 3. The van der Waals surface area contributed by atoms with Crippen LogP contribution in [0.15, 0.2) is 56.5 Å². The van der Waals surface area contributed by atoms with Crippen LogP contribution in [0.2, 0.25) is 0 Å². The number of hydrogen-bond donors (Lipinski definition) is 1. The molecule has 0 saturated heterocycles. The van der Waals surface area contributed by atoms with Gasteiger partial charge < -0.3 is 18.8 Å². The molecule has 7 heteroatoms. The second kappa shape index (κ2) is 9.64. The molecular formula is C29H29NO6. The molecule has 5 rings (SSSR count). The lowest BCUT2D eigenvalue weighted by atomic mass is 9.85. The Balaban J connectivity index is 1.81. The average molecular weight is 488 g/mol. The van der Waals surface area contributed by atoms with Crippen LogP contribution in [0.1, 0.15) is 60.8 Å². The molecule has 1 aliphatic heterocycles. The molecule has 36 heavy (non-hydrogen) atoms. The minimum absolute atomic E-state index is 0.140. The Hall–Kier alpha value is -3.87. The SMILES string of the molecule is CCCCc1cc(=O)oc2c(C(CC(=O)OC)c3cc4cccc5c4n(c3=O)CCC5)c(O)ccc12. The van der Waals surface area contributed by atoms with Gasteiger partial charge in [-0.3, -0.25) is 9.59 Å². The number of hydrogen-bond acceptors (Lipinski definition) is 6. The standard InChI is InChI=1S/C29H29NO6/c1-3-4-7-18-15-25(33)36-28-20(18)11-12-23(31)26(28)21(16-24(32)35-2)22-14-19-9-5-8-17-10-6-13-30(27(17)19)29(22)34/h5,8-9,11-12,14-15,21,31H,3-4,6-7,10,13,16H2,1-2H3. The molecule has 0 saturated carbocycles. The van der Waals surface area contributed by atoms with Crippen molar-refractivity contribution in [3.8, 4) is 5.75 Å². The molecule has 0 fully saturated rings. The van der Waals surface area contributed by atoms with E-state index >= 15 is 0 Å². The Morgan fingerprint density at radius 3 is 2.81 bits per heavy atom. The molecule has 0 amide bonds. The number of unbranched alkanes of at least 4 members (excludes halogenated alkanes) is 1. The average Bonchev–Trinajstić information content (AvgIpc) is 2.88. The van der Waals surface area contributed by atoms with Crippen LogP contribution in [0.25, 0.3) is 21.9 Å². The number of para-hydroxylation sites is 1. The van der Waals surface area contributed by atoms with Crippen LogP contribution in [-0.4, -0.2) is 22.8 Å². The second-order valence-electron chi connectivity index (χ2n) is 9.42. The second-order valence-corrected chi connectivity index (χ2v) is 9.42. The predicted octanol–water partition coefficient (Wildman–Crippen LogP) is 4.80. The van der Waals surface area contributed by atoms with Crippen LogP contribution in [0.4, 0.5) is 0 Å². The summed E-state index contributed by atoms with van der Waals surface area (Å²) in [6.07, 6.45) is 4.07.